The smallest absolute Gasteiger partial charge is 0.323 e. The van der Waals surface area contributed by atoms with Crippen molar-refractivity contribution in [3.8, 4) is 0 Å². The summed E-state index contributed by atoms with van der Waals surface area (Å²) >= 11 is 0. The van der Waals surface area contributed by atoms with Crippen LogP contribution in [0, 0.1) is 0 Å². The molecule has 0 fully saturated rings. The highest BCUT2D eigenvalue weighted by Crippen LogP contribution is 2.12. The van der Waals surface area contributed by atoms with Crippen LogP contribution in [-0.4, -0.2) is 16.5 Å². The standard InChI is InChI=1S/C9H11N3O/c10-5-4-6-2-1-3-7-8(6)12-9(13)11-7/h1-3H,4-5,10H2,(H2,11,12,13). The van der Waals surface area contributed by atoms with Gasteiger partial charge < -0.3 is 15.7 Å². The number of para-hydroxylation sites is 1. The first-order chi connectivity index (χ1) is 6.31. The number of imidazole rings is 1. The summed E-state index contributed by atoms with van der Waals surface area (Å²) in [4.78, 5) is 16.5. The van der Waals surface area contributed by atoms with E-state index in [0.717, 1.165) is 23.0 Å². The first-order valence-corrected chi connectivity index (χ1v) is 4.21. The number of aromatic amines is 2. The third-order valence-electron chi connectivity index (χ3n) is 2.05. The summed E-state index contributed by atoms with van der Waals surface area (Å²) < 4.78 is 0. The maximum absolute atomic E-state index is 11.0. The zero-order chi connectivity index (χ0) is 9.26. The predicted molar refractivity (Wildman–Crippen MR) is 51.7 cm³/mol. The second-order valence-corrected chi connectivity index (χ2v) is 2.96. The van der Waals surface area contributed by atoms with Crippen molar-refractivity contribution in [2.24, 2.45) is 5.73 Å². The molecule has 0 saturated carbocycles. The zero-order valence-corrected chi connectivity index (χ0v) is 7.13. The third kappa shape index (κ3) is 1.36. The summed E-state index contributed by atoms with van der Waals surface area (Å²) in [6.45, 7) is 0.590. The Labute approximate surface area is 74.8 Å². The number of hydrogen-bond donors (Lipinski definition) is 3. The van der Waals surface area contributed by atoms with Gasteiger partial charge in [0, 0.05) is 0 Å². The second kappa shape index (κ2) is 3.06. The minimum absolute atomic E-state index is 0.167. The normalized spacial score (nSPS) is 10.8. The Balaban J connectivity index is 2.67. The van der Waals surface area contributed by atoms with E-state index < -0.39 is 0 Å². The maximum atomic E-state index is 11.0. The molecule has 0 aliphatic heterocycles. The molecule has 0 bridgehead atoms. The fourth-order valence-corrected chi connectivity index (χ4v) is 1.48. The van der Waals surface area contributed by atoms with E-state index in [1.165, 1.54) is 0 Å². The number of hydrogen-bond acceptors (Lipinski definition) is 2. The van der Waals surface area contributed by atoms with Crippen LogP contribution in [0.1, 0.15) is 5.56 Å². The molecule has 68 valence electrons. The van der Waals surface area contributed by atoms with Crippen LogP contribution in [0.5, 0.6) is 0 Å². The van der Waals surface area contributed by atoms with Gasteiger partial charge in [0.2, 0.25) is 0 Å². The van der Waals surface area contributed by atoms with Crippen LogP contribution >= 0.6 is 0 Å². The van der Waals surface area contributed by atoms with Gasteiger partial charge in [-0.3, -0.25) is 0 Å². The molecular weight excluding hydrogens is 166 g/mol. The lowest BCUT2D eigenvalue weighted by Crippen LogP contribution is -2.03. The molecule has 0 amide bonds. The molecule has 1 aromatic carbocycles. The summed E-state index contributed by atoms with van der Waals surface area (Å²) in [6.07, 6.45) is 0.783. The molecule has 4 N–H and O–H groups in total. The molecule has 4 nitrogen and oxygen atoms in total. The number of H-pyrrole nitrogens is 2. The van der Waals surface area contributed by atoms with E-state index in [1.54, 1.807) is 0 Å². The van der Waals surface area contributed by atoms with Crippen molar-refractivity contribution in [1.82, 2.24) is 9.97 Å². The molecule has 0 saturated heterocycles. The van der Waals surface area contributed by atoms with Crippen LogP contribution in [0.4, 0.5) is 0 Å². The fourth-order valence-electron chi connectivity index (χ4n) is 1.48. The fraction of sp³-hybridized carbons (Fsp3) is 0.222. The number of benzene rings is 1. The Hall–Kier alpha value is -1.55. The van der Waals surface area contributed by atoms with Crippen LogP contribution in [0.2, 0.25) is 0 Å². The summed E-state index contributed by atoms with van der Waals surface area (Å²) in [5.74, 6) is 0. The highest BCUT2D eigenvalue weighted by atomic mass is 16.1. The van der Waals surface area contributed by atoms with Gasteiger partial charge in [0.15, 0.2) is 0 Å². The quantitative estimate of drug-likeness (QED) is 0.619. The van der Waals surface area contributed by atoms with Gasteiger partial charge in [0.25, 0.3) is 0 Å². The summed E-state index contributed by atoms with van der Waals surface area (Å²) in [5.41, 5.74) is 8.09. The van der Waals surface area contributed by atoms with Crippen LogP contribution < -0.4 is 11.4 Å². The molecule has 4 heteroatoms. The van der Waals surface area contributed by atoms with E-state index in [0.29, 0.717) is 6.54 Å². The predicted octanol–water partition coefficient (Wildman–Crippen LogP) is 0.357. The molecule has 2 aromatic rings. The molecule has 0 radical (unpaired) electrons. The highest BCUT2D eigenvalue weighted by molar-refractivity contribution is 5.78. The van der Waals surface area contributed by atoms with Gasteiger partial charge in [-0.05, 0) is 24.6 Å². The number of aromatic nitrogens is 2. The molecule has 1 aromatic heterocycles. The molecular formula is C9H11N3O. The summed E-state index contributed by atoms with van der Waals surface area (Å²) in [6, 6.07) is 5.75. The van der Waals surface area contributed by atoms with Crippen molar-refractivity contribution < 1.29 is 0 Å². The topological polar surface area (TPSA) is 74.7 Å². The Morgan fingerprint density at radius 2 is 2.15 bits per heavy atom. The van der Waals surface area contributed by atoms with E-state index in [1.807, 2.05) is 18.2 Å². The van der Waals surface area contributed by atoms with Gasteiger partial charge in [0.05, 0.1) is 11.0 Å². The van der Waals surface area contributed by atoms with E-state index >= 15 is 0 Å². The van der Waals surface area contributed by atoms with Gasteiger partial charge in [0.1, 0.15) is 0 Å². The molecule has 13 heavy (non-hydrogen) atoms. The van der Waals surface area contributed by atoms with E-state index in [9.17, 15) is 4.79 Å². The van der Waals surface area contributed by atoms with Crippen LogP contribution in [0.3, 0.4) is 0 Å². The first-order valence-electron chi connectivity index (χ1n) is 4.21. The summed E-state index contributed by atoms with van der Waals surface area (Å²) in [5, 5.41) is 0. The Kier molecular flexibility index (Phi) is 1.90. The average Bonchev–Trinajstić information content (AvgIpc) is 2.47. The Morgan fingerprint density at radius 1 is 1.31 bits per heavy atom. The molecule has 2 rings (SSSR count). The molecule has 0 aliphatic carbocycles. The van der Waals surface area contributed by atoms with Gasteiger partial charge in [-0.15, -0.1) is 0 Å². The molecule has 0 unspecified atom stereocenters. The van der Waals surface area contributed by atoms with Crippen molar-refractivity contribution in [3.05, 3.63) is 34.2 Å². The van der Waals surface area contributed by atoms with Gasteiger partial charge in [-0.1, -0.05) is 12.1 Å². The summed E-state index contributed by atoms with van der Waals surface area (Å²) in [7, 11) is 0. The Morgan fingerprint density at radius 3 is 2.92 bits per heavy atom. The minimum atomic E-state index is -0.167. The number of nitrogens with two attached hydrogens (primary N) is 1. The highest BCUT2D eigenvalue weighted by Gasteiger charge is 2.02. The maximum Gasteiger partial charge on any atom is 0.323 e. The molecule has 0 aliphatic rings. The molecule has 0 atom stereocenters. The molecule has 0 spiro atoms. The van der Waals surface area contributed by atoms with E-state index in [4.69, 9.17) is 5.73 Å². The van der Waals surface area contributed by atoms with E-state index in [-0.39, 0.29) is 5.69 Å². The van der Waals surface area contributed by atoms with Gasteiger partial charge in [-0.25, -0.2) is 4.79 Å². The van der Waals surface area contributed by atoms with Crippen molar-refractivity contribution in [2.75, 3.05) is 6.54 Å². The molecule has 1 heterocycles. The van der Waals surface area contributed by atoms with Crippen LogP contribution in [0.15, 0.2) is 23.0 Å². The van der Waals surface area contributed by atoms with Gasteiger partial charge >= 0.3 is 5.69 Å². The first kappa shape index (κ1) is 8.07. The van der Waals surface area contributed by atoms with E-state index in [2.05, 4.69) is 9.97 Å². The lowest BCUT2D eigenvalue weighted by Gasteiger charge is -1.98. The van der Waals surface area contributed by atoms with Crippen molar-refractivity contribution in [2.45, 2.75) is 6.42 Å². The number of nitrogens with one attached hydrogen (secondary N) is 2. The number of fused-ring (bicyclic) bond motifs is 1. The average molecular weight is 177 g/mol. The van der Waals surface area contributed by atoms with Crippen molar-refractivity contribution in [3.63, 3.8) is 0 Å². The third-order valence-corrected chi connectivity index (χ3v) is 2.05. The SMILES string of the molecule is NCCc1cccc2[nH]c(=O)[nH]c12. The van der Waals surface area contributed by atoms with Gasteiger partial charge in [-0.2, -0.15) is 0 Å². The monoisotopic (exact) mass is 177 g/mol. The second-order valence-electron chi connectivity index (χ2n) is 2.96. The number of rotatable bonds is 2. The van der Waals surface area contributed by atoms with Crippen LogP contribution in [0.25, 0.3) is 11.0 Å². The largest absolute Gasteiger partial charge is 0.330 e. The Bertz CT molecular complexity index is 469. The minimum Gasteiger partial charge on any atom is -0.330 e. The van der Waals surface area contributed by atoms with Crippen molar-refractivity contribution >= 4 is 11.0 Å². The zero-order valence-electron chi connectivity index (χ0n) is 7.13. The lowest BCUT2D eigenvalue weighted by atomic mass is 10.1. The lowest BCUT2D eigenvalue weighted by molar-refractivity contribution is 0.974. The van der Waals surface area contributed by atoms with Crippen LogP contribution in [-0.2, 0) is 6.42 Å². The van der Waals surface area contributed by atoms with Crippen molar-refractivity contribution in [1.29, 1.82) is 0 Å².